The van der Waals surface area contributed by atoms with Gasteiger partial charge in [0.05, 0.1) is 5.69 Å². The largest absolute Gasteiger partial charge is 0.313 e. The zero-order valence-corrected chi connectivity index (χ0v) is 12.9. The van der Waals surface area contributed by atoms with Crippen LogP contribution in [0.4, 0.5) is 0 Å². The van der Waals surface area contributed by atoms with Crippen molar-refractivity contribution in [3.05, 3.63) is 40.8 Å². The summed E-state index contributed by atoms with van der Waals surface area (Å²) in [6.07, 6.45) is 4.09. The van der Waals surface area contributed by atoms with E-state index in [9.17, 15) is 0 Å². The van der Waals surface area contributed by atoms with E-state index in [1.807, 2.05) is 16.9 Å². The quantitative estimate of drug-likeness (QED) is 0.822. The Morgan fingerprint density at radius 1 is 1.20 bits per heavy atom. The van der Waals surface area contributed by atoms with Crippen molar-refractivity contribution in [2.75, 3.05) is 6.54 Å². The van der Waals surface area contributed by atoms with Crippen LogP contribution in [0.25, 0.3) is 5.82 Å². The maximum Gasteiger partial charge on any atom is 0.153 e. The first-order valence-corrected chi connectivity index (χ1v) is 7.38. The molecule has 2 aromatic rings. The molecule has 2 rings (SSSR count). The fourth-order valence-electron chi connectivity index (χ4n) is 2.47. The van der Waals surface area contributed by atoms with Gasteiger partial charge in [0.25, 0.3) is 0 Å². The summed E-state index contributed by atoms with van der Waals surface area (Å²) < 4.78 is 1.94. The third-order valence-electron chi connectivity index (χ3n) is 3.58. The molecule has 4 nitrogen and oxygen atoms in total. The van der Waals surface area contributed by atoms with Crippen molar-refractivity contribution in [3.63, 3.8) is 0 Å². The lowest BCUT2D eigenvalue weighted by atomic mass is 10.1. The highest BCUT2D eigenvalue weighted by Crippen LogP contribution is 2.17. The Hall–Kier alpha value is -1.68. The van der Waals surface area contributed by atoms with E-state index in [1.54, 1.807) is 0 Å². The summed E-state index contributed by atoms with van der Waals surface area (Å²) in [6.45, 7) is 10.4. The normalized spacial score (nSPS) is 11.0. The van der Waals surface area contributed by atoms with Crippen molar-refractivity contribution in [2.45, 2.75) is 47.1 Å². The minimum absolute atomic E-state index is 0.873. The van der Waals surface area contributed by atoms with Gasteiger partial charge < -0.3 is 5.32 Å². The van der Waals surface area contributed by atoms with Gasteiger partial charge in [-0.3, -0.25) is 0 Å². The van der Waals surface area contributed by atoms with E-state index in [4.69, 9.17) is 0 Å². The number of rotatable bonds is 6. The number of nitrogens with zero attached hydrogens (tertiary/aromatic N) is 3. The highest BCUT2D eigenvalue weighted by molar-refractivity contribution is 5.33. The molecule has 0 aromatic carbocycles. The summed E-state index contributed by atoms with van der Waals surface area (Å²) in [5.74, 6) is 0.893. The summed E-state index contributed by atoms with van der Waals surface area (Å²) in [6, 6.07) is 4.16. The van der Waals surface area contributed by atoms with E-state index in [0.717, 1.165) is 37.4 Å². The highest BCUT2D eigenvalue weighted by Gasteiger charge is 2.11. The van der Waals surface area contributed by atoms with Gasteiger partial charge in [0.15, 0.2) is 5.82 Å². The van der Waals surface area contributed by atoms with E-state index in [1.165, 1.54) is 16.8 Å². The van der Waals surface area contributed by atoms with Gasteiger partial charge in [0.2, 0.25) is 0 Å². The highest BCUT2D eigenvalue weighted by atomic mass is 15.3. The van der Waals surface area contributed by atoms with Gasteiger partial charge in [0.1, 0.15) is 0 Å². The standard InChI is InChI=1S/C16H24N4/c1-5-9-17-10-14-7-8-16(18-11-14)20-13(4)15(6-2)12(3)19-20/h7-8,11,17H,5-6,9-10H2,1-4H3. The summed E-state index contributed by atoms with van der Waals surface area (Å²) in [5.41, 5.74) is 4.81. The monoisotopic (exact) mass is 272 g/mol. The molecule has 0 aliphatic heterocycles. The lowest BCUT2D eigenvalue weighted by molar-refractivity contribution is 0.673. The van der Waals surface area contributed by atoms with Gasteiger partial charge in [-0.2, -0.15) is 5.10 Å². The van der Waals surface area contributed by atoms with E-state index in [-0.39, 0.29) is 0 Å². The second-order valence-corrected chi connectivity index (χ2v) is 5.12. The first-order chi connectivity index (χ1) is 9.67. The predicted octanol–water partition coefficient (Wildman–Crippen LogP) is 2.95. The zero-order chi connectivity index (χ0) is 14.5. The fourth-order valence-corrected chi connectivity index (χ4v) is 2.47. The molecule has 0 bridgehead atoms. The van der Waals surface area contributed by atoms with Crippen LogP contribution >= 0.6 is 0 Å². The SMILES string of the molecule is CCCNCc1ccc(-n2nc(C)c(CC)c2C)nc1. The molecule has 0 fully saturated rings. The van der Waals surface area contributed by atoms with E-state index >= 15 is 0 Å². The van der Waals surface area contributed by atoms with Crippen LogP contribution in [0, 0.1) is 13.8 Å². The number of nitrogens with one attached hydrogen (secondary N) is 1. The summed E-state index contributed by atoms with van der Waals surface area (Å²) >= 11 is 0. The first-order valence-electron chi connectivity index (χ1n) is 7.38. The maximum atomic E-state index is 4.59. The van der Waals surface area contributed by atoms with E-state index in [0.29, 0.717) is 0 Å². The van der Waals surface area contributed by atoms with Crippen LogP contribution < -0.4 is 5.32 Å². The van der Waals surface area contributed by atoms with Gasteiger partial charge in [0, 0.05) is 18.4 Å². The molecule has 1 N–H and O–H groups in total. The third-order valence-corrected chi connectivity index (χ3v) is 3.58. The summed E-state index contributed by atoms with van der Waals surface area (Å²) in [4.78, 5) is 4.54. The van der Waals surface area contributed by atoms with Crippen LogP contribution in [0.5, 0.6) is 0 Å². The summed E-state index contributed by atoms with van der Waals surface area (Å²) in [5, 5.41) is 7.98. The topological polar surface area (TPSA) is 42.7 Å². The molecule has 0 saturated carbocycles. The van der Waals surface area contributed by atoms with Gasteiger partial charge in [-0.25, -0.2) is 9.67 Å². The average Bonchev–Trinajstić information content (AvgIpc) is 2.74. The van der Waals surface area contributed by atoms with Crippen LogP contribution in [-0.2, 0) is 13.0 Å². The van der Waals surface area contributed by atoms with Crippen molar-refractivity contribution >= 4 is 0 Å². The number of hydrogen-bond donors (Lipinski definition) is 1. The number of pyridine rings is 1. The van der Waals surface area contributed by atoms with Crippen LogP contribution in [0.2, 0.25) is 0 Å². The Morgan fingerprint density at radius 3 is 2.55 bits per heavy atom. The molecule has 0 aliphatic carbocycles. The van der Waals surface area contributed by atoms with Crippen molar-refractivity contribution in [2.24, 2.45) is 0 Å². The third kappa shape index (κ3) is 3.07. The van der Waals surface area contributed by atoms with Crippen molar-refractivity contribution in [1.82, 2.24) is 20.1 Å². The molecule has 0 atom stereocenters. The van der Waals surface area contributed by atoms with Gasteiger partial charge in [-0.1, -0.05) is 19.9 Å². The van der Waals surface area contributed by atoms with Crippen LogP contribution in [0.15, 0.2) is 18.3 Å². The Morgan fingerprint density at radius 2 is 2.00 bits per heavy atom. The van der Waals surface area contributed by atoms with Gasteiger partial charge in [-0.05, 0) is 50.4 Å². The smallest absolute Gasteiger partial charge is 0.153 e. The Labute approximate surface area is 121 Å². The molecule has 0 radical (unpaired) electrons. The van der Waals surface area contributed by atoms with Gasteiger partial charge >= 0.3 is 0 Å². The molecule has 0 aliphatic rings. The molecule has 0 saturated heterocycles. The van der Waals surface area contributed by atoms with Crippen LogP contribution in [-0.4, -0.2) is 21.3 Å². The lowest BCUT2D eigenvalue weighted by Gasteiger charge is -2.06. The molecular formula is C16H24N4. The van der Waals surface area contributed by atoms with Crippen molar-refractivity contribution < 1.29 is 0 Å². The maximum absolute atomic E-state index is 4.59. The molecule has 4 heteroatoms. The Balaban J connectivity index is 2.17. The Bertz CT molecular complexity index is 555. The zero-order valence-electron chi connectivity index (χ0n) is 12.9. The molecule has 2 heterocycles. The number of aromatic nitrogens is 3. The summed E-state index contributed by atoms with van der Waals surface area (Å²) in [7, 11) is 0. The van der Waals surface area contributed by atoms with Gasteiger partial charge in [-0.15, -0.1) is 0 Å². The average molecular weight is 272 g/mol. The van der Waals surface area contributed by atoms with E-state index < -0.39 is 0 Å². The minimum Gasteiger partial charge on any atom is -0.313 e. The van der Waals surface area contributed by atoms with Crippen molar-refractivity contribution in [1.29, 1.82) is 0 Å². The lowest BCUT2D eigenvalue weighted by Crippen LogP contribution is -2.14. The molecule has 108 valence electrons. The van der Waals surface area contributed by atoms with Crippen molar-refractivity contribution in [3.8, 4) is 5.82 Å². The molecule has 2 aromatic heterocycles. The number of aryl methyl sites for hydroxylation is 1. The van der Waals surface area contributed by atoms with Crippen LogP contribution in [0.1, 0.15) is 42.8 Å². The molecule has 0 unspecified atom stereocenters. The van der Waals surface area contributed by atoms with E-state index in [2.05, 4.69) is 49.2 Å². The molecular weight excluding hydrogens is 248 g/mol. The number of hydrogen-bond acceptors (Lipinski definition) is 3. The second-order valence-electron chi connectivity index (χ2n) is 5.12. The van der Waals surface area contributed by atoms with Crippen LogP contribution in [0.3, 0.4) is 0 Å². The Kier molecular flexibility index (Phi) is 4.90. The second kappa shape index (κ2) is 6.66. The minimum atomic E-state index is 0.873. The molecule has 20 heavy (non-hydrogen) atoms. The first kappa shape index (κ1) is 14.7. The predicted molar refractivity (Wildman–Crippen MR) is 82.2 cm³/mol. The molecule has 0 spiro atoms. The fraction of sp³-hybridized carbons (Fsp3) is 0.500. The molecule has 0 amide bonds.